The number of carbonyl (C=O) groups is 3. The summed E-state index contributed by atoms with van der Waals surface area (Å²) in [6.07, 6.45) is 0.817. The van der Waals surface area contributed by atoms with Crippen LogP contribution in [0.25, 0.3) is 0 Å². The summed E-state index contributed by atoms with van der Waals surface area (Å²) < 4.78 is 26.5. The van der Waals surface area contributed by atoms with Gasteiger partial charge in [0.1, 0.15) is 10.9 Å². The summed E-state index contributed by atoms with van der Waals surface area (Å²) in [5.74, 6) is -1.40. The van der Waals surface area contributed by atoms with Gasteiger partial charge in [0.15, 0.2) is 0 Å². The Balaban J connectivity index is 1.84. The molecule has 3 rings (SSSR count). The summed E-state index contributed by atoms with van der Waals surface area (Å²) in [7, 11) is -4.03. The van der Waals surface area contributed by atoms with Gasteiger partial charge in [-0.15, -0.1) is 0 Å². The largest absolute Gasteiger partial charge is 0.352 e. The van der Waals surface area contributed by atoms with Crippen LogP contribution in [0.5, 0.6) is 0 Å². The van der Waals surface area contributed by atoms with Crippen molar-refractivity contribution in [2.45, 2.75) is 63.6 Å². The summed E-state index contributed by atoms with van der Waals surface area (Å²) in [5, 5.41) is 3.37. The van der Waals surface area contributed by atoms with Gasteiger partial charge in [-0.05, 0) is 43.5 Å². The fourth-order valence-corrected chi connectivity index (χ4v) is 5.73. The number of benzene rings is 2. The minimum absolute atomic E-state index is 0.0651. The van der Waals surface area contributed by atoms with Crippen LogP contribution < -0.4 is 5.32 Å². The molecule has 1 N–H and O–H groups in total. The van der Waals surface area contributed by atoms with Gasteiger partial charge in [-0.3, -0.25) is 14.4 Å². The average Bonchev–Trinajstić information content (AvgIpc) is 3.03. The Morgan fingerprint density at radius 1 is 1.06 bits per heavy atom. The maximum Gasteiger partial charge on any atom is 0.269 e. The molecular formula is C25H30ClN3O5S. The number of hydrogen-bond donors (Lipinski definition) is 1. The Hall–Kier alpha value is -2.91. The van der Waals surface area contributed by atoms with Crippen LogP contribution in [0.2, 0.25) is 5.02 Å². The van der Waals surface area contributed by atoms with E-state index in [9.17, 15) is 22.8 Å². The van der Waals surface area contributed by atoms with Gasteiger partial charge in [0.25, 0.3) is 15.9 Å². The average molecular weight is 520 g/mol. The lowest BCUT2D eigenvalue weighted by atomic mass is 10.1. The Labute approximate surface area is 211 Å². The van der Waals surface area contributed by atoms with E-state index in [2.05, 4.69) is 5.32 Å². The number of amides is 3. The van der Waals surface area contributed by atoms with Crippen molar-refractivity contribution in [1.82, 2.24) is 14.5 Å². The predicted molar refractivity (Wildman–Crippen MR) is 133 cm³/mol. The number of halogens is 1. The molecule has 0 fully saturated rings. The molecule has 1 heterocycles. The van der Waals surface area contributed by atoms with E-state index in [1.807, 2.05) is 13.8 Å². The first-order valence-corrected chi connectivity index (χ1v) is 13.4. The van der Waals surface area contributed by atoms with E-state index in [0.29, 0.717) is 17.0 Å². The van der Waals surface area contributed by atoms with Crippen LogP contribution in [0, 0.1) is 0 Å². The van der Waals surface area contributed by atoms with Crippen molar-refractivity contribution >= 4 is 39.3 Å². The van der Waals surface area contributed by atoms with Crippen molar-refractivity contribution in [3.05, 3.63) is 64.7 Å². The van der Waals surface area contributed by atoms with E-state index in [0.717, 1.165) is 10.7 Å². The zero-order valence-electron chi connectivity index (χ0n) is 20.0. The standard InChI is InChI=1S/C25H30ClN3O5S/c1-4-17(3)27-24(31)21(5-2)28(16-18-10-6-8-12-20(18)26)23(30)14-15-29-25(32)19-11-7-9-13-22(19)35(29,33)34/h6-13,17,21H,4-5,14-16H2,1-3H3,(H,27,31)/t17-,21+/m1/s1. The molecule has 0 unspecified atom stereocenters. The van der Waals surface area contributed by atoms with E-state index < -0.39 is 27.9 Å². The first kappa shape index (κ1) is 26.7. The molecule has 0 bridgehead atoms. The summed E-state index contributed by atoms with van der Waals surface area (Å²) in [5.41, 5.74) is 0.752. The summed E-state index contributed by atoms with van der Waals surface area (Å²) in [6.45, 7) is 5.39. The van der Waals surface area contributed by atoms with Gasteiger partial charge in [0, 0.05) is 30.6 Å². The second-order valence-electron chi connectivity index (χ2n) is 8.48. The number of carbonyl (C=O) groups excluding carboxylic acids is 3. The Morgan fingerprint density at radius 3 is 2.34 bits per heavy atom. The molecule has 0 saturated heterocycles. The highest BCUT2D eigenvalue weighted by molar-refractivity contribution is 7.90. The van der Waals surface area contributed by atoms with Crippen molar-refractivity contribution < 1.29 is 22.8 Å². The minimum Gasteiger partial charge on any atom is -0.352 e. The highest BCUT2D eigenvalue weighted by atomic mass is 35.5. The third kappa shape index (κ3) is 5.67. The number of fused-ring (bicyclic) bond motifs is 1. The molecule has 188 valence electrons. The highest BCUT2D eigenvalue weighted by Crippen LogP contribution is 2.30. The van der Waals surface area contributed by atoms with E-state index in [-0.39, 0.29) is 41.9 Å². The second-order valence-corrected chi connectivity index (χ2v) is 10.7. The molecule has 0 aromatic heterocycles. The zero-order chi connectivity index (χ0) is 25.8. The van der Waals surface area contributed by atoms with Gasteiger partial charge in [0.05, 0.1) is 5.56 Å². The Bertz CT molecular complexity index is 1220. The topological polar surface area (TPSA) is 104 Å². The lowest BCUT2D eigenvalue weighted by Crippen LogP contribution is -2.51. The lowest BCUT2D eigenvalue weighted by Gasteiger charge is -2.32. The molecule has 1 aliphatic heterocycles. The van der Waals surface area contributed by atoms with Gasteiger partial charge in [-0.25, -0.2) is 12.7 Å². The van der Waals surface area contributed by atoms with E-state index in [1.165, 1.54) is 17.0 Å². The lowest BCUT2D eigenvalue weighted by molar-refractivity contribution is -0.141. The second kappa shape index (κ2) is 11.2. The van der Waals surface area contributed by atoms with Crippen molar-refractivity contribution in [3.63, 3.8) is 0 Å². The predicted octanol–water partition coefficient (Wildman–Crippen LogP) is 3.60. The maximum atomic E-state index is 13.4. The SMILES string of the molecule is CC[C@@H](C)NC(=O)[C@H](CC)N(Cc1ccccc1Cl)C(=O)CCN1C(=O)c2ccccc2S1(=O)=O. The van der Waals surface area contributed by atoms with Crippen LogP contribution in [-0.4, -0.2) is 54.0 Å². The Morgan fingerprint density at radius 2 is 1.71 bits per heavy atom. The molecule has 2 atom stereocenters. The number of nitrogens with one attached hydrogen (secondary N) is 1. The van der Waals surface area contributed by atoms with Crippen LogP contribution in [-0.2, 0) is 26.2 Å². The summed E-state index contributed by atoms with van der Waals surface area (Å²) in [4.78, 5) is 40.5. The van der Waals surface area contributed by atoms with Gasteiger partial charge >= 0.3 is 0 Å². The van der Waals surface area contributed by atoms with Gasteiger partial charge in [-0.2, -0.15) is 0 Å². The third-order valence-corrected chi connectivity index (χ3v) is 8.34. The normalized spacial score (nSPS) is 15.9. The number of sulfonamides is 1. The van der Waals surface area contributed by atoms with Gasteiger partial charge in [0.2, 0.25) is 11.8 Å². The zero-order valence-corrected chi connectivity index (χ0v) is 21.6. The van der Waals surface area contributed by atoms with Crippen molar-refractivity contribution in [1.29, 1.82) is 0 Å². The van der Waals surface area contributed by atoms with Crippen LogP contribution in [0.4, 0.5) is 0 Å². The van der Waals surface area contributed by atoms with Crippen LogP contribution in [0.1, 0.15) is 56.0 Å². The molecule has 0 aliphatic carbocycles. The minimum atomic E-state index is -4.03. The third-order valence-electron chi connectivity index (χ3n) is 6.13. The monoisotopic (exact) mass is 519 g/mol. The molecule has 3 amide bonds. The van der Waals surface area contributed by atoms with Gasteiger partial charge < -0.3 is 10.2 Å². The van der Waals surface area contributed by atoms with Crippen LogP contribution >= 0.6 is 11.6 Å². The molecule has 1 aliphatic rings. The molecule has 35 heavy (non-hydrogen) atoms. The van der Waals surface area contributed by atoms with Crippen molar-refractivity contribution in [3.8, 4) is 0 Å². The molecule has 8 nitrogen and oxygen atoms in total. The first-order chi connectivity index (χ1) is 16.6. The van der Waals surface area contributed by atoms with E-state index in [1.54, 1.807) is 43.3 Å². The molecule has 2 aromatic rings. The fourth-order valence-electron chi connectivity index (χ4n) is 3.96. The maximum absolute atomic E-state index is 13.4. The van der Waals surface area contributed by atoms with Gasteiger partial charge in [-0.1, -0.05) is 55.8 Å². The summed E-state index contributed by atoms with van der Waals surface area (Å²) in [6, 6.07) is 12.1. The first-order valence-electron chi connectivity index (χ1n) is 11.6. The molecule has 0 spiro atoms. The van der Waals surface area contributed by atoms with E-state index >= 15 is 0 Å². The Kier molecular flexibility index (Phi) is 8.56. The molecule has 2 aromatic carbocycles. The van der Waals surface area contributed by atoms with Crippen molar-refractivity contribution in [2.24, 2.45) is 0 Å². The van der Waals surface area contributed by atoms with Crippen LogP contribution in [0.3, 0.4) is 0 Å². The number of hydrogen-bond acceptors (Lipinski definition) is 5. The molecular weight excluding hydrogens is 490 g/mol. The van der Waals surface area contributed by atoms with Crippen LogP contribution in [0.15, 0.2) is 53.4 Å². The molecule has 0 radical (unpaired) electrons. The van der Waals surface area contributed by atoms with E-state index in [4.69, 9.17) is 11.6 Å². The highest BCUT2D eigenvalue weighted by Gasteiger charge is 2.41. The number of rotatable bonds is 10. The smallest absolute Gasteiger partial charge is 0.269 e. The summed E-state index contributed by atoms with van der Waals surface area (Å²) >= 11 is 6.33. The molecule has 10 heteroatoms. The van der Waals surface area contributed by atoms with Crippen molar-refractivity contribution in [2.75, 3.05) is 6.54 Å². The number of nitrogens with zero attached hydrogens (tertiary/aromatic N) is 2. The molecule has 0 saturated carbocycles. The quantitative estimate of drug-likeness (QED) is 0.516. The fraction of sp³-hybridized carbons (Fsp3) is 0.400.